The van der Waals surface area contributed by atoms with Gasteiger partial charge in [0.2, 0.25) is 5.88 Å². The van der Waals surface area contributed by atoms with E-state index in [0.717, 1.165) is 44.0 Å². The molecule has 0 aromatic carbocycles. The van der Waals surface area contributed by atoms with Gasteiger partial charge in [0.1, 0.15) is 12.4 Å². The fourth-order valence-electron chi connectivity index (χ4n) is 2.41. The van der Waals surface area contributed by atoms with E-state index in [0.29, 0.717) is 18.3 Å². The number of ether oxygens (including phenoxy) is 2. The Labute approximate surface area is 129 Å². The molecule has 0 atom stereocenters. The lowest BCUT2D eigenvalue weighted by Gasteiger charge is -2.26. The van der Waals surface area contributed by atoms with E-state index in [4.69, 9.17) is 15.2 Å². The van der Waals surface area contributed by atoms with E-state index in [-0.39, 0.29) is 0 Å². The summed E-state index contributed by atoms with van der Waals surface area (Å²) in [4.78, 5) is 10.6. The molecule has 116 valence electrons. The first-order chi connectivity index (χ1) is 10.8. The molecule has 6 nitrogen and oxygen atoms in total. The van der Waals surface area contributed by atoms with E-state index in [9.17, 15) is 0 Å². The normalized spacial score (nSPS) is 15.6. The van der Waals surface area contributed by atoms with Gasteiger partial charge in [-0.2, -0.15) is 4.98 Å². The van der Waals surface area contributed by atoms with Crippen molar-refractivity contribution in [1.29, 1.82) is 0 Å². The van der Waals surface area contributed by atoms with Gasteiger partial charge >= 0.3 is 0 Å². The maximum absolute atomic E-state index is 5.88. The Morgan fingerprint density at radius 2 is 1.91 bits per heavy atom. The summed E-state index contributed by atoms with van der Waals surface area (Å²) in [5.74, 6) is 1.01. The zero-order valence-electron chi connectivity index (χ0n) is 12.4. The van der Waals surface area contributed by atoms with Gasteiger partial charge in [0, 0.05) is 38.1 Å². The second-order valence-corrected chi connectivity index (χ2v) is 5.16. The maximum Gasteiger partial charge on any atom is 0.215 e. The molecule has 3 rings (SSSR count). The number of nitrogens with two attached hydrogens (primary N) is 1. The molecule has 0 aliphatic carbocycles. The Morgan fingerprint density at radius 3 is 2.68 bits per heavy atom. The number of hydrogen-bond donors (Lipinski definition) is 1. The fourth-order valence-corrected chi connectivity index (χ4v) is 2.41. The molecule has 22 heavy (non-hydrogen) atoms. The van der Waals surface area contributed by atoms with Crippen molar-refractivity contribution in [2.75, 3.05) is 45.2 Å². The van der Waals surface area contributed by atoms with Crippen molar-refractivity contribution in [2.24, 2.45) is 0 Å². The number of morpholine rings is 1. The molecule has 1 aliphatic rings. The highest BCUT2D eigenvalue weighted by Gasteiger charge is 2.10. The number of anilines is 1. The van der Waals surface area contributed by atoms with Crippen LogP contribution in [0.4, 0.5) is 5.82 Å². The molecule has 2 aromatic heterocycles. The average molecular weight is 300 g/mol. The monoisotopic (exact) mass is 300 g/mol. The third kappa shape index (κ3) is 3.93. The van der Waals surface area contributed by atoms with E-state index in [1.54, 1.807) is 12.4 Å². The van der Waals surface area contributed by atoms with Gasteiger partial charge in [-0.1, -0.05) is 0 Å². The van der Waals surface area contributed by atoms with Crippen molar-refractivity contribution in [3.05, 3.63) is 36.7 Å². The predicted molar refractivity (Wildman–Crippen MR) is 84.6 cm³/mol. The number of pyridine rings is 2. The van der Waals surface area contributed by atoms with E-state index in [1.807, 2.05) is 24.3 Å². The lowest BCUT2D eigenvalue weighted by atomic mass is 10.1. The van der Waals surface area contributed by atoms with Gasteiger partial charge in [0.15, 0.2) is 0 Å². The second-order valence-electron chi connectivity index (χ2n) is 5.16. The van der Waals surface area contributed by atoms with Crippen LogP contribution >= 0.6 is 0 Å². The van der Waals surface area contributed by atoms with Gasteiger partial charge in [-0.05, 0) is 29.3 Å². The molecule has 1 aliphatic heterocycles. The maximum atomic E-state index is 5.88. The van der Waals surface area contributed by atoms with Gasteiger partial charge in [-0.3, -0.25) is 9.88 Å². The molecule has 0 radical (unpaired) electrons. The van der Waals surface area contributed by atoms with Crippen LogP contribution in [-0.4, -0.2) is 54.3 Å². The molecule has 0 amide bonds. The van der Waals surface area contributed by atoms with Gasteiger partial charge in [-0.25, -0.2) is 0 Å². The van der Waals surface area contributed by atoms with Crippen LogP contribution in [0.5, 0.6) is 5.88 Å². The van der Waals surface area contributed by atoms with Crippen molar-refractivity contribution in [1.82, 2.24) is 14.9 Å². The molecular weight excluding hydrogens is 280 g/mol. The van der Waals surface area contributed by atoms with Crippen molar-refractivity contribution in [3.8, 4) is 17.0 Å². The van der Waals surface area contributed by atoms with E-state index in [1.165, 1.54) is 0 Å². The van der Waals surface area contributed by atoms with Gasteiger partial charge in [-0.15, -0.1) is 0 Å². The van der Waals surface area contributed by atoms with Crippen molar-refractivity contribution >= 4 is 5.82 Å². The Bertz CT molecular complexity index is 600. The Kier molecular flexibility index (Phi) is 4.82. The van der Waals surface area contributed by atoms with Crippen LogP contribution in [0.1, 0.15) is 0 Å². The van der Waals surface area contributed by atoms with Crippen LogP contribution in [0.3, 0.4) is 0 Å². The van der Waals surface area contributed by atoms with Crippen LogP contribution in [-0.2, 0) is 4.74 Å². The van der Waals surface area contributed by atoms with Crippen molar-refractivity contribution < 1.29 is 9.47 Å². The van der Waals surface area contributed by atoms with E-state index in [2.05, 4.69) is 14.9 Å². The average Bonchev–Trinajstić information content (AvgIpc) is 2.56. The van der Waals surface area contributed by atoms with Gasteiger partial charge in [0.05, 0.1) is 13.2 Å². The number of aromatic nitrogens is 2. The molecule has 0 bridgehead atoms. The summed E-state index contributed by atoms with van der Waals surface area (Å²) in [6.45, 7) is 4.95. The first kappa shape index (κ1) is 14.7. The number of nitrogen functional groups attached to an aromatic ring is 1. The summed E-state index contributed by atoms with van der Waals surface area (Å²) < 4.78 is 11.1. The highest BCUT2D eigenvalue weighted by atomic mass is 16.5. The van der Waals surface area contributed by atoms with Gasteiger partial charge < -0.3 is 15.2 Å². The first-order valence-corrected chi connectivity index (χ1v) is 7.42. The minimum atomic E-state index is 0.454. The summed E-state index contributed by atoms with van der Waals surface area (Å²) >= 11 is 0. The molecule has 0 saturated carbocycles. The van der Waals surface area contributed by atoms with Crippen LogP contribution < -0.4 is 10.5 Å². The molecule has 3 heterocycles. The number of nitrogens with zero attached hydrogens (tertiary/aromatic N) is 3. The quantitative estimate of drug-likeness (QED) is 0.900. The number of rotatable bonds is 5. The van der Waals surface area contributed by atoms with Crippen LogP contribution in [0.25, 0.3) is 11.1 Å². The lowest BCUT2D eigenvalue weighted by Crippen LogP contribution is -2.38. The summed E-state index contributed by atoms with van der Waals surface area (Å²) in [7, 11) is 0. The van der Waals surface area contributed by atoms with Crippen LogP contribution in [0.2, 0.25) is 0 Å². The molecule has 6 heteroatoms. The third-order valence-electron chi connectivity index (χ3n) is 3.60. The molecular formula is C16H20N4O2. The van der Waals surface area contributed by atoms with E-state index < -0.39 is 0 Å². The highest BCUT2D eigenvalue weighted by Crippen LogP contribution is 2.24. The molecule has 2 aromatic rings. The predicted octanol–water partition coefficient (Wildman–Crippen LogP) is 1.44. The largest absolute Gasteiger partial charge is 0.476 e. The smallest absolute Gasteiger partial charge is 0.215 e. The van der Waals surface area contributed by atoms with Crippen LogP contribution in [0, 0.1) is 0 Å². The van der Waals surface area contributed by atoms with Crippen molar-refractivity contribution in [3.63, 3.8) is 0 Å². The summed E-state index contributed by atoms with van der Waals surface area (Å²) in [6.07, 6.45) is 3.51. The summed E-state index contributed by atoms with van der Waals surface area (Å²) in [5.41, 5.74) is 7.90. The fraction of sp³-hybridized carbons (Fsp3) is 0.375. The SMILES string of the molecule is Nc1cc(-c2ccncc2)cc(OCCN2CCOCC2)n1. The Hall–Kier alpha value is -2.18. The topological polar surface area (TPSA) is 73.5 Å². The molecule has 0 unspecified atom stereocenters. The lowest BCUT2D eigenvalue weighted by molar-refractivity contribution is 0.0320. The number of hydrogen-bond acceptors (Lipinski definition) is 6. The Balaban J connectivity index is 1.62. The first-order valence-electron chi connectivity index (χ1n) is 7.42. The molecule has 1 fully saturated rings. The molecule has 0 spiro atoms. The standard InChI is InChI=1S/C16H20N4O2/c17-15-11-14(13-1-3-18-4-2-13)12-16(19-15)22-10-7-20-5-8-21-9-6-20/h1-4,11-12H,5-10H2,(H2,17,19). The van der Waals surface area contributed by atoms with Gasteiger partial charge in [0.25, 0.3) is 0 Å². The summed E-state index contributed by atoms with van der Waals surface area (Å²) in [5, 5.41) is 0. The highest BCUT2D eigenvalue weighted by molar-refractivity contribution is 5.66. The Morgan fingerprint density at radius 1 is 1.14 bits per heavy atom. The summed E-state index contributed by atoms with van der Waals surface area (Å²) in [6, 6.07) is 7.62. The minimum absolute atomic E-state index is 0.454. The molecule has 2 N–H and O–H groups in total. The third-order valence-corrected chi connectivity index (χ3v) is 3.60. The zero-order chi connectivity index (χ0) is 15.2. The second kappa shape index (κ2) is 7.20. The van der Waals surface area contributed by atoms with Crippen molar-refractivity contribution in [2.45, 2.75) is 0 Å². The zero-order valence-corrected chi connectivity index (χ0v) is 12.4. The van der Waals surface area contributed by atoms with E-state index >= 15 is 0 Å². The minimum Gasteiger partial charge on any atom is -0.476 e. The van der Waals surface area contributed by atoms with Crippen LogP contribution in [0.15, 0.2) is 36.7 Å². The molecule has 1 saturated heterocycles.